The quantitative estimate of drug-likeness (QED) is 0.639. The van der Waals surface area contributed by atoms with Crippen LogP contribution >= 0.6 is 11.8 Å². The Kier molecular flexibility index (Phi) is 5.04. The van der Waals surface area contributed by atoms with Gasteiger partial charge in [-0.05, 0) is 48.9 Å². The number of furan rings is 1. The van der Waals surface area contributed by atoms with Crippen LogP contribution in [-0.2, 0) is 11.3 Å². The smallest absolute Gasteiger partial charge is 0.262 e. The molecule has 0 saturated carbocycles. The van der Waals surface area contributed by atoms with Gasteiger partial charge in [0, 0.05) is 10.5 Å². The molecule has 0 atom stereocenters. The molecule has 1 aliphatic heterocycles. The summed E-state index contributed by atoms with van der Waals surface area (Å²) in [5.74, 6) is 0.284. The molecule has 0 saturated heterocycles. The number of anilines is 1. The summed E-state index contributed by atoms with van der Waals surface area (Å²) in [5, 5.41) is 5.68. The predicted molar refractivity (Wildman–Crippen MR) is 110 cm³/mol. The zero-order valence-corrected chi connectivity index (χ0v) is 16.0. The van der Waals surface area contributed by atoms with Crippen LogP contribution in [0.5, 0.6) is 0 Å². The molecule has 28 heavy (non-hydrogen) atoms. The maximum Gasteiger partial charge on any atom is 0.262 e. The number of carbonyl (C=O) groups excluding carboxylic acids is 2. The van der Waals surface area contributed by atoms with E-state index in [1.165, 1.54) is 17.3 Å². The summed E-state index contributed by atoms with van der Waals surface area (Å²) >= 11 is 1.40. The lowest BCUT2D eigenvalue weighted by molar-refractivity contribution is -0.112. The second-order valence-corrected chi connectivity index (χ2v) is 7.53. The van der Waals surface area contributed by atoms with E-state index in [1.54, 1.807) is 30.5 Å². The van der Waals surface area contributed by atoms with Crippen molar-refractivity contribution in [3.05, 3.63) is 88.2 Å². The molecule has 1 aromatic heterocycles. The largest absolute Gasteiger partial charge is 0.467 e. The normalized spacial score (nSPS) is 14.5. The third kappa shape index (κ3) is 4.02. The van der Waals surface area contributed by atoms with Crippen LogP contribution in [0.25, 0.3) is 6.08 Å². The van der Waals surface area contributed by atoms with Gasteiger partial charge < -0.3 is 15.1 Å². The van der Waals surface area contributed by atoms with Crippen molar-refractivity contribution in [2.75, 3.05) is 5.32 Å². The molecule has 1 aliphatic rings. The van der Waals surface area contributed by atoms with Crippen molar-refractivity contribution in [1.82, 2.24) is 5.32 Å². The number of amides is 2. The Morgan fingerprint density at radius 2 is 2.00 bits per heavy atom. The lowest BCUT2D eigenvalue weighted by atomic mass is 10.1. The molecule has 2 N–H and O–H groups in total. The minimum absolute atomic E-state index is 0.175. The summed E-state index contributed by atoms with van der Waals surface area (Å²) in [7, 11) is 0. The zero-order chi connectivity index (χ0) is 19.5. The number of benzene rings is 2. The van der Waals surface area contributed by atoms with Crippen molar-refractivity contribution in [2.24, 2.45) is 0 Å². The van der Waals surface area contributed by atoms with E-state index < -0.39 is 0 Å². The van der Waals surface area contributed by atoms with Crippen molar-refractivity contribution >= 4 is 35.3 Å². The molecule has 0 spiro atoms. The summed E-state index contributed by atoms with van der Waals surface area (Å²) in [6, 6.07) is 16.9. The van der Waals surface area contributed by atoms with Crippen LogP contribution in [0.15, 0.2) is 75.1 Å². The molecular formula is C22H18N2O3S. The van der Waals surface area contributed by atoms with Crippen molar-refractivity contribution in [1.29, 1.82) is 0 Å². The number of hydrogen-bond donors (Lipinski definition) is 2. The SMILES string of the molecule is Cc1ccc(/C=C2/Sc3ccc(C(=O)NCc4ccco4)cc3NC2=O)cc1. The Labute approximate surface area is 166 Å². The lowest BCUT2D eigenvalue weighted by Crippen LogP contribution is -2.23. The van der Waals surface area contributed by atoms with Gasteiger partial charge in [-0.25, -0.2) is 0 Å². The first kappa shape index (κ1) is 18.1. The van der Waals surface area contributed by atoms with Gasteiger partial charge in [0.15, 0.2) is 0 Å². The summed E-state index contributed by atoms with van der Waals surface area (Å²) in [5.41, 5.74) is 3.27. The Hall–Kier alpha value is -3.25. The molecule has 5 nitrogen and oxygen atoms in total. The van der Waals surface area contributed by atoms with Crippen LogP contribution in [0.2, 0.25) is 0 Å². The number of rotatable bonds is 4. The van der Waals surface area contributed by atoms with Crippen molar-refractivity contribution in [2.45, 2.75) is 18.4 Å². The monoisotopic (exact) mass is 390 g/mol. The average molecular weight is 390 g/mol. The highest BCUT2D eigenvalue weighted by Crippen LogP contribution is 2.39. The summed E-state index contributed by atoms with van der Waals surface area (Å²) < 4.78 is 5.21. The van der Waals surface area contributed by atoms with Gasteiger partial charge in [-0.2, -0.15) is 0 Å². The highest BCUT2D eigenvalue weighted by Gasteiger charge is 2.22. The van der Waals surface area contributed by atoms with Gasteiger partial charge in [-0.15, -0.1) is 0 Å². The van der Waals surface area contributed by atoms with E-state index in [-0.39, 0.29) is 11.8 Å². The van der Waals surface area contributed by atoms with Crippen molar-refractivity contribution in [3.8, 4) is 0 Å². The number of hydrogen-bond acceptors (Lipinski definition) is 4. The second-order valence-electron chi connectivity index (χ2n) is 6.45. The maximum absolute atomic E-state index is 12.5. The fourth-order valence-corrected chi connectivity index (χ4v) is 3.73. The van der Waals surface area contributed by atoms with E-state index >= 15 is 0 Å². The first-order valence-electron chi connectivity index (χ1n) is 8.81. The van der Waals surface area contributed by atoms with Gasteiger partial charge in [-0.3, -0.25) is 9.59 Å². The van der Waals surface area contributed by atoms with Gasteiger partial charge in [0.2, 0.25) is 0 Å². The Bertz CT molecular complexity index is 1050. The molecule has 2 amide bonds. The number of aryl methyl sites for hydroxylation is 1. The highest BCUT2D eigenvalue weighted by molar-refractivity contribution is 8.04. The first-order chi connectivity index (χ1) is 13.6. The first-order valence-corrected chi connectivity index (χ1v) is 9.62. The molecule has 140 valence electrons. The summed E-state index contributed by atoms with van der Waals surface area (Å²) in [4.78, 5) is 26.4. The van der Waals surface area contributed by atoms with E-state index in [4.69, 9.17) is 4.42 Å². The molecule has 0 fully saturated rings. The summed E-state index contributed by atoms with van der Waals surface area (Å²) in [6.07, 6.45) is 3.43. The lowest BCUT2D eigenvalue weighted by Gasteiger charge is -2.19. The van der Waals surface area contributed by atoms with E-state index in [0.29, 0.717) is 28.5 Å². The van der Waals surface area contributed by atoms with Gasteiger partial charge in [0.05, 0.1) is 23.4 Å². The van der Waals surface area contributed by atoms with Crippen LogP contribution in [-0.4, -0.2) is 11.8 Å². The molecular weight excluding hydrogens is 372 g/mol. The van der Waals surface area contributed by atoms with E-state index in [0.717, 1.165) is 10.5 Å². The Morgan fingerprint density at radius 3 is 2.75 bits per heavy atom. The molecule has 2 aromatic carbocycles. The average Bonchev–Trinajstić information content (AvgIpc) is 3.21. The second kappa shape index (κ2) is 7.78. The number of thioether (sulfide) groups is 1. The standard InChI is InChI=1S/C22H18N2O3S/c1-14-4-6-15(7-5-14)11-20-22(26)24-18-12-16(8-9-19(18)28-20)21(25)23-13-17-3-2-10-27-17/h2-12H,13H2,1H3,(H,23,25)(H,24,26)/b20-11+. The fraction of sp³-hybridized carbons (Fsp3) is 0.0909. The molecule has 0 bridgehead atoms. The van der Waals surface area contributed by atoms with Gasteiger partial charge in [-0.1, -0.05) is 41.6 Å². The summed E-state index contributed by atoms with van der Waals surface area (Å²) in [6.45, 7) is 2.34. The van der Waals surface area contributed by atoms with Crippen molar-refractivity contribution < 1.29 is 14.0 Å². The molecule has 4 rings (SSSR count). The fourth-order valence-electron chi connectivity index (χ4n) is 2.80. The zero-order valence-electron chi connectivity index (χ0n) is 15.2. The Balaban J connectivity index is 1.50. The van der Waals surface area contributed by atoms with Crippen LogP contribution < -0.4 is 10.6 Å². The molecule has 0 aliphatic carbocycles. The molecule has 0 radical (unpaired) electrons. The van der Waals surface area contributed by atoms with Gasteiger partial charge in [0.25, 0.3) is 11.8 Å². The molecule has 2 heterocycles. The number of carbonyl (C=O) groups is 2. The number of nitrogens with one attached hydrogen (secondary N) is 2. The molecule has 6 heteroatoms. The Morgan fingerprint density at radius 1 is 1.18 bits per heavy atom. The predicted octanol–water partition coefficient (Wildman–Crippen LogP) is 4.60. The van der Waals surface area contributed by atoms with Gasteiger partial charge >= 0.3 is 0 Å². The third-order valence-corrected chi connectivity index (χ3v) is 5.41. The van der Waals surface area contributed by atoms with Crippen molar-refractivity contribution in [3.63, 3.8) is 0 Å². The topological polar surface area (TPSA) is 71.3 Å². The molecule has 0 unspecified atom stereocenters. The minimum Gasteiger partial charge on any atom is -0.467 e. The van der Waals surface area contributed by atoms with E-state index in [2.05, 4.69) is 10.6 Å². The van der Waals surface area contributed by atoms with Crippen LogP contribution in [0.1, 0.15) is 27.2 Å². The third-order valence-electron chi connectivity index (χ3n) is 4.31. The van der Waals surface area contributed by atoms with Gasteiger partial charge in [0.1, 0.15) is 5.76 Å². The highest BCUT2D eigenvalue weighted by atomic mass is 32.2. The van der Waals surface area contributed by atoms with Crippen LogP contribution in [0.3, 0.4) is 0 Å². The van der Waals surface area contributed by atoms with E-state index in [9.17, 15) is 9.59 Å². The minimum atomic E-state index is -0.223. The van der Waals surface area contributed by atoms with Crippen LogP contribution in [0.4, 0.5) is 5.69 Å². The number of fused-ring (bicyclic) bond motifs is 1. The molecule has 3 aromatic rings. The maximum atomic E-state index is 12.5. The van der Waals surface area contributed by atoms with Crippen LogP contribution in [0, 0.1) is 6.92 Å². The van der Waals surface area contributed by atoms with E-state index in [1.807, 2.05) is 43.3 Å².